The van der Waals surface area contributed by atoms with Crippen LogP contribution in [0.5, 0.6) is 0 Å². The van der Waals surface area contributed by atoms with Crippen molar-refractivity contribution in [3.8, 4) is 12.3 Å². The van der Waals surface area contributed by atoms with Gasteiger partial charge in [-0.05, 0) is 6.42 Å². The zero-order valence-electron chi connectivity index (χ0n) is 94.3. The van der Waals surface area contributed by atoms with Crippen molar-refractivity contribution in [1.29, 1.82) is 0 Å². The van der Waals surface area contributed by atoms with Gasteiger partial charge in [0.05, 0.1) is 6.42 Å². The smallest absolute Gasteiger partial charge is 0.304 e. The average molecular weight is 2130 g/mol. The number of hydrogen-bond acceptors (Lipinski definition) is 22. The van der Waals surface area contributed by atoms with E-state index in [4.69, 9.17) is 11.5 Å². The minimum absolute atomic E-state index is 0.00211. The molecule has 43 heteroatoms. The lowest BCUT2D eigenvalue weighted by Crippen LogP contribution is -2.50. The third-order valence-corrected chi connectivity index (χ3v) is 27.3. The van der Waals surface area contributed by atoms with Crippen molar-refractivity contribution >= 4 is 136 Å². The number of aliphatic carboxylic acids is 1. The molecule has 149 heavy (non-hydrogen) atoms. The van der Waals surface area contributed by atoms with Crippen LogP contribution in [0.1, 0.15) is 279 Å². The van der Waals surface area contributed by atoms with Gasteiger partial charge in [0.1, 0.15) is 0 Å². The van der Waals surface area contributed by atoms with Crippen LogP contribution in [0, 0.1) is 12.3 Å². The van der Waals surface area contributed by atoms with E-state index in [0.717, 1.165) is 0 Å². The Labute approximate surface area is 893 Å². The van der Waals surface area contributed by atoms with E-state index in [2.05, 4.69) is 11.2 Å². The Hall–Kier alpha value is -11.2. The van der Waals surface area contributed by atoms with Crippen molar-refractivity contribution in [1.82, 2.24) is 98.4 Å². The lowest BCUT2D eigenvalue weighted by atomic mass is 10.2. The quantitative estimate of drug-likeness (QED) is 0.0549. The van der Waals surface area contributed by atoms with Gasteiger partial charge in [0.15, 0.2) is 0 Å². The monoisotopic (exact) mass is 2130 g/mol. The molecule has 0 aliphatic heterocycles. The number of rotatable bonds is 85. The summed E-state index contributed by atoms with van der Waals surface area (Å²) >= 11 is 1.43. The van der Waals surface area contributed by atoms with Gasteiger partial charge in [0.25, 0.3) is 0 Å². The predicted molar refractivity (Wildman–Crippen MR) is 576 cm³/mol. The largest absolute Gasteiger partial charge is 0.481 e. The number of nitrogens with one attached hydrogen (secondary N) is 1. The highest BCUT2D eigenvalue weighted by atomic mass is 32.2. The molecule has 0 atom stereocenters. The van der Waals surface area contributed by atoms with Gasteiger partial charge >= 0.3 is 5.97 Å². The summed E-state index contributed by atoms with van der Waals surface area (Å²) in [5.41, 5.74) is 0. The van der Waals surface area contributed by atoms with Crippen molar-refractivity contribution < 1.29 is 106 Å². The number of nitrogens with zero attached hydrogens (tertiary/aromatic N) is 19. The van der Waals surface area contributed by atoms with Gasteiger partial charge in [0.2, 0.25) is 118 Å². The zero-order valence-corrected chi connectivity index (χ0v) is 95.1. The van der Waals surface area contributed by atoms with Crippen LogP contribution in [0.4, 0.5) is 0 Å². The van der Waals surface area contributed by atoms with Crippen molar-refractivity contribution in [2.24, 2.45) is 0 Å². The number of hydrogen-bond donors (Lipinski definition) is 2. The van der Waals surface area contributed by atoms with Gasteiger partial charge in [-0.1, -0.05) is 132 Å². The van der Waals surface area contributed by atoms with Crippen LogP contribution >= 0.6 is 11.8 Å². The van der Waals surface area contributed by atoms with Crippen molar-refractivity contribution in [3.63, 3.8) is 0 Å². The summed E-state index contributed by atoms with van der Waals surface area (Å²) in [4.78, 5) is 313. The van der Waals surface area contributed by atoms with E-state index < -0.39 is 5.97 Å². The molecule has 0 heterocycles. The molecular formula is C106H188N20O22S. The fraction of sp³-hybridized carbons (Fsp3) is 0.783. The SMILES string of the molecule is C#CCCCC(=O)NCCN(CCN(CCN(CCN(CCN(CCN(CCN(CCN(CCN(CCN(CCN(CCN(CCN(CCN(CCN(CCN(CCN(CCN(CCN(CCSCCC(=O)O)C(=O)CC)C(=O)CC)C(=O)CC)C(=O)CC)C(=O)CC)C(=O)CC)C(=O)CC)C(=O)CC)C(=O)CC)C(=O)CC)C(=O)CC)C(=O)CC)C(=O)CC)C(=O)CC)C(=O)CC)C(=O)CC)C(=O)CC)C(=O)CC)C(=O)CC. The summed E-state index contributed by atoms with van der Waals surface area (Å²) in [6.45, 7) is 37.1. The molecule has 0 spiro atoms. The maximum atomic E-state index is 13.9. The summed E-state index contributed by atoms with van der Waals surface area (Å²) in [5, 5.41) is 11.9. The fourth-order valence-corrected chi connectivity index (χ4v) is 17.5. The lowest BCUT2D eigenvalue weighted by Gasteiger charge is -2.34. The lowest BCUT2D eigenvalue weighted by molar-refractivity contribution is -0.139. The van der Waals surface area contributed by atoms with Gasteiger partial charge in [-0.3, -0.25) is 101 Å². The Morgan fingerprint density at radius 3 is 0.423 bits per heavy atom. The first kappa shape index (κ1) is 138. The molecule has 20 amide bonds. The van der Waals surface area contributed by atoms with Crippen LogP contribution < -0.4 is 5.32 Å². The normalized spacial score (nSPS) is 10.8. The molecule has 2 N–H and O–H groups in total. The number of terminal acetylenes is 1. The Kier molecular flexibility index (Phi) is 75.5. The topological polar surface area (TPSA) is 452 Å². The molecule has 0 rings (SSSR count). The molecule has 0 saturated heterocycles. The second-order valence-corrected chi connectivity index (χ2v) is 37.3. The number of carbonyl (C=O) groups is 21. The molecule has 850 valence electrons. The minimum Gasteiger partial charge on any atom is -0.481 e. The number of thioether (sulfide) groups is 1. The summed E-state index contributed by atoms with van der Waals surface area (Å²) in [7, 11) is 0. The van der Waals surface area contributed by atoms with Crippen LogP contribution in [-0.2, 0) is 101 Å². The molecule has 0 aliphatic rings. The number of carboxylic acid groups (broad SMARTS) is 1. The van der Waals surface area contributed by atoms with Gasteiger partial charge in [0, 0.05) is 402 Å². The molecule has 0 radical (unpaired) electrons. The van der Waals surface area contributed by atoms with E-state index in [0.29, 0.717) is 30.9 Å². The third-order valence-electron chi connectivity index (χ3n) is 26.4. The van der Waals surface area contributed by atoms with Crippen LogP contribution in [0.25, 0.3) is 0 Å². The first-order valence-electron chi connectivity index (χ1n) is 55.0. The van der Waals surface area contributed by atoms with E-state index in [1.54, 1.807) is 225 Å². The molecule has 0 saturated carbocycles. The predicted octanol–water partition coefficient (Wildman–Crippen LogP) is 5.65. The summed E-state index contributed by atoms with van der Waals surface area (Å²) in [6, 6.07) is 0. The van der Waals surface area contributed by atoms with Crippen molar-refractivity contribution in [2.75, 3.05) is 267 Å². The van der Waals surface area contributed by atoms with Crippen molar-refractivity contribution in [2.45, 2.75) is 279 Å². The summed E-state index contributed by atoms with van der Waals surface area (Å²) < 4.78 is 0. The molecule has 0 bridgehead atoms. The molecular weight excluding hydrogens is 1940 g/mol. The van der Waals surface area contributed by atoms with Crippen LogP contribution in [-0.4, -0.2) is 489 Å². The second-order valence-electron chi connectivity index (χ2n) is 36.1. The molecule has 0 aromatic carbocycles. The maximum Gasteiger partial charge on any atom is 0.304 e. The first-order valence-corrected chi connectivity index (χ1v) is 56.1. The van der Waals surface area contributed by atoms with E-state index in [9.17, 15) is 101 Å². The second kappa shape index (κ2) is 81.6. The van der Waals surface area contributed by atoms with Crippen LogP contribution in [0.15, 0.2) is 0 Å². The molecule has 0 fully saturated rings. The molecule has 0 unspecified atom stereocenters. The number of carboxylic acids is 1. The first-order chi connectivity index (χ1) is 71.2. The van der Waals surface area contributed by atoms with Gasteiger partial charge in [-0.15, -0.1) is 12.3 Å². The summed E-state index contributed by atoms with van der Waals surface area (Å²) in [5.74, 6) is -1.80. The highest BCUT2D eigenvalue weighted by Crippen LogP contribution is 2.16. The summed E-state index contributed by atoms with van der Waals surface area (Å²) in [6.07, 6.45) is 9.10. The Balaban J connectivity index is 6.60. The standard InChI is InChI=1S/C106H188N20O22S/c1-21-41-42-43-86(127)107-45-46-108(87(128)22-2)47-48-109(88(129)23-3)49-50-110(89(130)24-4)51-52-111(90(131)25-5)53-54-112(91(132)26-6)55-56-113(92(133)27-7)57-58-114(93(134)28-8)59-60-115(94(135)29-9)61-62-116(95(136)30-10)63-64-117(96(137)31-11)65-66-118(97(138)32-12)67-68-119(98(139)33-13)69-70-120(99(140)34-14)71-72-121(100(141)35-15)73-74-122(101(142)36-16)75-76-123(102(143)37-17)77-78-124(103(144)38-18)79-80-125(104(145)39-19)81-82-126(105(146)40-20)83-85-149-84-44-106(147)148/h1H,22-85H2,2-20H3,(H,107,127)(H,147,148). The Morgan fingerprint density at radius 2 is 0.309 bits per heavy atom. The fourth-order valence-electron chi connectivity index (χ4n) is 16.7. The van der Waals surface area contributed by atoms with Gasteiger partial charge in [-0.25, -0.2) is 0 Å². The average Bonchev–Trinajstić information content (AvgIpc) is 0.980. The molecule has 0 aliphatic carbocycles. The minimum atomic E-state index is -0.906. The number of amides is 20. The third kappa shape index (κ3) is 55.4. The zero-order chi connectivity index (χ0) is 112. The molecule has 0 aromatic heterocycles. The Bertz CT molecular complexity index is 4000. The maximum absolute atomic E-state index is 13.9. The van der Waals surface area contributed by atoms with Crippen LogP contribution in [0.3, 0.4) is 0 Å². The molecule has 42 nitrogen and oxygen atoms in total. The van der Waals surface area contributed by atoms with E-state index in [1.165, 1.54) is 11.8 Å². The molecule has 0 aromatic rings. The van der Waals surface area contributed by atoms with E-state index in [-0.39, 0.29) is 502 Å². The number of carbonyl (C=O) groups excluding carboxylic acids is 20. The highest BCUT2D eigenvalue weighted by Gasteiger charge is 2.31. The van der Waals surface area contributed by atoms with Crippen molar-refractivity contribution in [3.05, 3.63) is 0 Å². The van der Waals surface area contributed by atoms with E-state index in [1.807, 2.05) is 0 Å². The van der Waals surface area contributed by atoms with E-state index >= 15 is 0 Å². The van der Waals surface area contributed by atoms with Crippen LogP contribution in [0.2, 0.25) is 0 Å². The van der Waals surface area contributed by atoms with Gasteiger partial charge < -0.3 is 104 Å². The Morgan fingerprint density at radius 1 is 0.188 bits per heavy atom. The highest BCUT2D eigenvalue weighted by molar-refractivity contribution is 7.99. The number of unbranched alkanes of at least 4 members (excludes halogenated alkanes) is 1. The van der Waals surface area contributed by atoms with Gasteiger partial charge in [-0.2, -0.15) is 11.8 Å².